The summed E-state index contributed by atoms with van der Waals surface area (Å²) >= 11 is 1.90. The van der Waals surface area contributed by atoms with E-state index in [0.29, 0.717) is 0 Å². The molecule has 67 heavy (non-hydrogen) atoms. The molecule has 0 bridgehead atoms. The number of thiophene rings is 1. The van der Waals surface area contributed by atoms with E-state index < -0.39 is 0 Å². The van der Waals surface area contributed by atoms with Crippen LogP contribution in [0.1, 0.15) is 57.2 Å². The molecule has 0 spiro atoms. The molecule has 1 radical (unpaired) electrons. The minimum atomic E-state index is 0.0493. The Morgan fingerprint density at radius 1 is 0.493 bits per heavy atom. The van der Waals surface area contributed by atoms with Crippen LogP contribution in [-0.4, -0.2) is 7.28 Å². The van der Waals surface area contributed by atoms with E-state index in [1.807, 2.05) is 11.3 Å². The Morgan fingerprint density at radius 2 is 1.04 bits per heavy atom. The van der Waals surface area contributed by atoms with Gasteiger partial charge in [0.15, 0.2) is 7.28 Å². The summed E-state index contributed by atoms with van der Waals surface area (Å²) < 4.78 is 2.57. The highest BCUT2D eigenvalue weighted by molar-refractivity contribution is 7.26. The van der Waals surface area contributed by atoms with Crippen LogP contribution in [0.25, 0.3) is 64.7 Å². The molecule has 1 aromatic heterocycles. The average Bonchev–Trinajstić information content (AvgIpc) is 3.73. The third kappa shape index (κ3) is 7.18. The Hall–Kier alpha value is -7.14. The molecule has 2 aliphatic rings. The van der Waals surface area contributed by atoms with E-state index in [0.717, 1.165) is 24.2 Å². The van der Waals surface area contributed by atoms with Crippen molar-refractivity contribution in [2.75, 3.05) is 10.2 Å². The fourth-order valence-electron chi connectivity index (χ4n) is 10.8. The number of fused-ring (bicyclic) bond motifs is 6. The van der Waals surface area contributed by atoms with Gasteiger partial charge in [-0.25, -0.2) is 0 Å². The van der Waals surface area contributed by atoms with Crippen molar-refractivity contribution in [3.63, 3.8) is 0 Å². The second-order valence-corrected chi connectivity index (χ2v) is 21.0. The zero-order valence-electron chi connectivity index (χ0n) is 38.8. The Labute approximate surface area is 399 Å². The van der Waals surface area contributed by atoms with E-state index in [1.54, 1.807) is 0 Å². The maximum absolute atomic E-state index is 4.01. The van der Waals surface area contributed by atoms with Gasteiger partial charge in [0, 0.05) is 54.2 Å². The highest BCUT2D eigenvalue weighted by atomic mass is 32.1. The standard InChI is InChI=1S/C63H52BN2S/c1-40-25-26-46(43-21-13-8-14-22-43)36-54(40)66-55-38-51-50(62(2,3)33-34-63(51,4)5)37-52(55)64-61-56(66)39-58-59(49-23-15-16-24-57(49)67-58)60(61)48-32-29-45(42-19-11-7-12-20-42)35-53(48)65-47-30-27-44(28-31-47)41-17-9-6-10-18-41/h6-32,35-39,65H,33-34H2,1-5H3. The SMILES string of the molecule is Cc1ccc(-c2ccccc2)cc1N1c2cc3c(cc2[B]c2c1cc1sc4ccccc4c1c2-c1ccc(-c2ccccc2)cc1Nc1ccc(-c2ccccc2)cc1)C(C)(C)CCC3(C)C. The van der Waals surface area contributed by atoms with Crippen molar-refractivity contribution < 1.29 is 0 Å². The summed E-state index contributed by atoms with van der Waals surface area (Å²) in [6, 6.07) is 71.8. The first-order valence-electron chi connectivity index (χ1n) is 23.7. The van der Waals surface area contributed by atoms with Crippen molar-refractivity contribution in [3.05, 3.63) is 211 Å². The van der Waals surface area contributed by atoms with Gasteiger partial charge in [0.2, 0.25) is 0 Å². The molecule has 1 aliphatic carbocycles. The number of nitrogens with one attached hydrogen (secondary N) is 1. The lowest BCUT2D eigenvalue weighted by Crippen LogP contribution is -2.44. The molecule has 12 rings (SSSR count). The first-order valence-corrected chi connectivity index (χ1v) is 24.5. The van der Waals surface area contributed by atoms with Crippen molar-refractivity contribution in [3.8, 4) is 44.5 Å². The average molecular weight is 880 g/mol. The monoisotopic (exact) mass is 879 g/mol. The van der Waals surface area contributed by atoms with Crippen LogP contribution in [0.15, 0.2) is 194 Å². The molecule has 0 atom stereocenters. The lowest BCUT2D eigenvalue weighted by atomic mass is 9.55. The maximum Gasteiger partial charge on any atom is 0.197 e. The van der Waals surface area contributed by atoms with Crippen molar-refractivity contribution in [1.29, 1.82) is 0 Å². The van der Waals surface area contributed by atoms with Crippen LogP contribution in [0.2, 0.25) is 0 Å². The summed E-state index contributed by atoms with van der Waals surface area (Å²) in [6.45, 7) is 12.1. The van der Waals surface area contributed by atoms with Crippen LogP contribution in [0, 0.1) is 6.92 Å². The van der Waals surface area contributed by atoms with E-state index in [9.17, 15) is 0 Å². The number of aryl methyl sites for hydroxylation is 1. The van der Waals surface area contributed by atoms with Crippen LogP contribution in [0.3, 0.4) is 0 Å². The van der Waals surface area contributed by atoms with Gasteiger partial charge in [-0.05, 0) is 134 Å². The maximum atomic E-state index is 4.01. The molecule has 2 nitrogen and oxygen atoms in total. The van der Waals surface area contributed by atoms with Gasteiger partial charge in [-0.1, -0.05) is 185 Å². The third-order valence-corrected chi connectivity index (χ3v) is 15.8. The van der Waals surface area contributed by atoms with Gasteiger partial charge in [0.05, 0.1) is 0 Å². The van der Waals surface area contributed by atoms with E-state index in [4.69, 9.17) is 0 Å². The fraction of sp³-hybridized carbons (Fsp3) is 0.143. The largest absolute Gasteiger partial charge is 0.355 e. The van der Waals surface area contributed by atoms with Gasteiger partial charge in [0.1, 0.15) is 0 Å². The number of hydrogen-bond donors (Lipinski definition) is 1. The van der Waals surface area contributed by atoms with Gasteiger partial charge in [-0.2, -0.15) is 0 Å². The number of hydrogen-bond acceptors (Lipinski definition) is 3. The molecule has 2 heterocycles. The number of nitrogens with zero attached hydrogens (tertiary/aromatic N) is 1. The molecule has 323 valence electrons. The summed E-state index contributed by atoms with van der Waals surface area (Å²) in [4.78, 5) is 2.62. The summed E-state index contributed by atoms with van der Waals surface area (Å²) in [5.41, 5.74) is 22.1. The quantitative estimate of drug-likeness (QED) is 0.161. The highest BCUT2D eigenvalue weighted by Crippen LogP contribution is 2.51. The summed E-state index contributed by atoms with van der Waals surface area (Å²) in [7, 11) is 2.53. The summed E-state index contributed by atoms with van der Waals surface area (Å²) in [6.07, 6.45) is 2.32. The first kappa shape index (κ1) is 41.3. The number of rotatable bonds is 7. The molecule has 0 saturated carbocycles. The lowest BCUT2D eigenvalue weighted by Gasteiger charge is -2.44. The highest BCUT2D eigenvalue weighted by Gasteiger charge is 2.40. The molecule has 1 aliphatic heterocycles. The molecule has 9 aromatic carbocycles. The summed E-state index contributed by atoms with van der Waals surface area (Å²) in [5.74, 6) is 0. The zero-order chi connectivity index (χ0) is 45.4. The minimum absolute atomic E-state index is 0.0493. The lowest BCUT2D eigenvalue weighted by molar-refractivity contribution is 0.332. The van der Waals surface area contributed by atoms with Crippen LogP contribution in [0.4, 0.5) is 28.4 Å². The van der Waals surface area contributed by atoms with Crippen LogP contribution in [0.5, 0.6) is 0 Å². The second-order valence-electron chi connectivity index (χ2n) is 19.9. The molecule has 4 heteroatoms. The van der Waals surface area contributed by atoms with E-state index in [2.05, 4.69) is 246 Å². The smallest absolute Gasteiger partial charge is 0.197 e. The Balaban J connectivity index is 1.15. The third-order valence-electron chi connectivity index (χ3n) is 14.7. The predicted octanol–water partition coefficient (Wildman–Crippen LogP) is 16.6. The Bertz CT molecular complexity index is 3520. The zero-order valence-corrected chi connectivity index (χ0v) is 39.6. The minimum Gasteiger partial charge on any atom is -0.355 e. The van der Waals surface area contributed by atoms with Crippen molar-refractivity contribution in [2.24, 2.45) is 0 Å². The second kappa shape index (κ2) is 16.0. The molecule has 0 fully saturated rings. The van der Waals surface area contributed by atoms with E-state index >= 15 is 0 Å². The normalized spacial score (nSPS) is 14.6. The van der Waals surface area contributed by atoms with E-state index in [1.165, 1.54) is 109 Å². The Morgan fingerprint density at radius 3 is 1.72 bits per heavy atom. The molecule has 0 amide bonds. The fourth-order valence-corrected chi connectivity index (χ4v) is 12.0. The number of anilines is 5. The van der Waals surface area contributed by atoms with Crippen LogP contribution < -0.4 is 21.1 Å². The van der Waals surface area contributed by atoms with Gasteiger partial charge in [0.25, 0.3) is 0 Å². The van der Waals surface area contributed by atoms with Crippen molar-refractivity contribution in [2.45, 2.75) is 58.3 Å². The Kier molecular flexibility index (Phi) is 9.89. The molecule has 1 N–H and O–H groups in total. The molecular formula is C63H52BN2S. The predicted molar refractivity (Wildman–Crippen MR) is 291 cm³/mol. The molecule has 0 saturated heterocycles. The number of benzene rings is 9. The van der Waals surface area contributed by atoms with Crippen molar-refractivity contribution in [1.82, 2.24) is 0 Å². The van der Waals surface area contributed by atoms with Gasteiger partial charge in [-0.15, -0.1) is 11.3 Å². The van der Waals surface area contributed by atoms with Crippen LogP contribution >= 0.6 is 11.3 Å². The topological polar surface area (TPSA) is 15.3 Å². The summed E-state index contributed by atoms with van der Waals surface area (Å²) in [5, 5.41) is 6.58. The van der Waals surface area contributed by atoms with Gasteiger partial charge < -0.3 is 10.2 Å². The molecular weight excluding hydrogens is 828 g/mol. The van der Waals surface area contributed by atoms with E-state index in [-0.39, 0.29) is 10.8 Å². The van der Waals surface area contributed by atoms with Crippen LogP contribution in [-0.2, 0) is 10.8 Å². The van der Waals surface area contributed by atoms with Gasteiger partial charge >= 0.3 is 0 Å². The van der Waals surface area contributed by atoms with Gasteiger partial charge in [-0.3, -0.25) is 0 Å². The molecule has 10 aromatic rings. The molecule has 0 unspecified atom stereocenters. The van der Waals surface area contributed by atoms with Crippen molar-refractivity contribution >= 4 is 78.2 Å². The first-order chi connectivity index (χ1) is 32.6.